The zero-order chi connectivity index (χ0) is 16.8. The smallest absolute Gasteiger partial charge is 0.266 e. The fraction of sp³-hybridized carbons (Fsp3) is 0.312. The van der Waals surface area contributed by atoms with E-state index < -0.39 is 5.97 Å². The average molecular weight is 369 g/mol. The predicted molar refractivity (Wildman–Crippen MR) is 94.8 cm³/mol. The van der Waals surface area contributed by atoms with Crippen molar-refractivity contribution < 1.29 is 14.7 Å². The molecule has 0 aliphatic carbocycles. The molecule has 2 rings (SSSR count). The molecule has 1 aliphatic rings. The average Bonchev–Trinajstić information content (AvgIpc) is 2.76. The van der Waals surface area contributed by atoms with Crippen LogP contribution < -0.4 is 5.11 Å². The molecule has 7 heteroatoms. The number of halogens is 1. The van der Waals surface area contributed by atoms with Crippen LogP contribution in [0.2, 0.25) is 5.02 Å². The van der Waals surface area contributed by atoms with Gasteiger partial charge in [-0.2, -0.15) is 0 Å². The lowest BCUT2D eigenvalue weighted by Gasteiger charge is -2.14. The molecular formula is C16H15ClNO3S2-. The van der Waals surface area contributed by atoms with Crippen LogP contribution in [-0.4, -0.2) is 27.6 Å². The Kier molecular flexibility index (Phi) is 6.62. The fourth-order valence-corrected chi connectivity index (χ4v) is 3.63. The van der Waals surface area contributed by atoms with Crippen molar-refractivity contribution in [2.75, 3.05) is 6.54 Å². The van der Waals surface area contributed by atoms with Crippen LogP contribution in [0.4, 0.5) is 0 Å². The van der Waals surface area contributed by atoms with Gasteiger partial charge in [-0.15, -0.1) is 0 Å². The molecule has 122 valence electrons. The van der Waals surface area contributed by atoms with Crippen LogP contribution in [0, 0.1) is 0 Å². The summed E-state index contributed by atoms with van der Waals surface area (Å²) in [5.74, 6) is -1.17. The summed E-state index contributed by atoms with van der Waals surface area (Å²) < 4.78 is 0.521. The Balaban J connectivity index is 1.95. The first kappa shape index (κ1) is 18.0. The molecule has 0 bridgehead atoms. The lowest BCUT2D eigenvalue weighted by atomic mass is 10.2. The number of carboxylic acid groups (broad SMARTS) is 1. The van der Waals surface area contributed by atoms with Crippen LogP contribution in [-0.2, 0) is 9.59 Å². The van der Waals surface area contributed by atoms with Crippen molar-refractivity contribution in [2.45, 2.75) is 25.7 Å². The highest BCUT2D eigenvalue weighted by Gasteiger charge is 2.31. The molecule has 0 saturated carbocycles. The maximum Gasteiger partial charge on any atom is 0.266 e. The Bertz CT molecular complexity index is 660. The highest BCUT2D eigenvalue weighted by molar-refractivity contribution is 8.26. The molecule has 0 unspecified atom stereocenters. The standard InChI is InChI=1S/C16H16ClNO3S2/c17-12-7-4-3-6-11(12)10-13-15(21)18(16(22)23-13)9-5-1-2-8-14(19)20/h3-4,6-7,10H,1-2,5,8-9H2,(H,19,20)/p-1/b13-10+. The number of hydrogen-bond donors (Lipinski definition) is 0. The lowest BCUT2D eigenvalue weighted by molar-refractivity contribution is -0.305. The number of carboxylic acids is 1. The lowest BCUT2D eigenvalue weighted by Crippen LogP contribution is -2.29. The summed E-state index contributed by atoms with van der Waals surface area (Å²) in [6, 6.07) is 7.30. The Morgan fingerprint density at radius 3 is 2.74 bits per heavy atom. The third-order valence-electron chi connectivity index (χ3n) is 3.33. The Morgan fingerprint density at radius 1 is 1.30 bits per heavy atom. The van der Waals surface area contributed by atoms with Gasteiger partial charge in [-0.05, 0) is 37.0 Å². The van der Waals surface area contributed by atoms with Crippen molar-refractivity contribution in [1.29, 1.82) is 0 Å². The van der Waals surface area contributed by atoms with Crippen LogP contribution in [0.1, 0.15) is 31.2 Å². The van der Waals surface area contributed by atoms with E-state index in [1.54, 1.807) is 17.0 Å². The number of carbonyl (C=O) groups is 2. The molecule has 1 aromatic rings. The maximum absolute atomic E-state index is 12.4. The highest BCUT2D eigenvalue weighted by atomic mass is 35.5. The number of aliphatic carboxylic acids is 1. The van der Waals surface area contributed by atoms with Crippen molar-refractivity contribution in [1.82, 2.24) is 4.90 Å². The minimum absolute atomic E-state index is 0.0464. The summed E-state index contributed by atoms with van der Waals surface area (Å²) >= 11 is 12.6. The zero-order valence-electron chi connectivity index (χ0n) is 12.3. The van der Waals surface area contributed by atoms with Crippen molar-refractivity contribution in [2.24, 2.45) is 0 Å². The van der Waals surface area contributed by atoms with E-state index in [0.717, 1.165) is 5.56 Å². The van der Waals surface area contributed by atoms with Crippen molar-refractivity contribution in [3.8, 4) is 0 Å². The van der Waals surface area contributed by atoms with E-state index in [4.69, 9.17) is 23.8 Å². The molecule has 1 heterocycles. The van der Waals surface area contributed by atoms with Gasteiger partial charge in [-0.1, -0.05) is 60.2 Å². The van der Waals surface area contributed by atoms with Gasteiger partial charge in [0, 0.05) is 17.5 Å². The number of benzene rings is 1. The predicted octanol–water partition coefficient (Wildman–Crippen LogP) is 2.85. The number of unbranched alkanes of at least 4 members (excludes halogenated alkanes) is 2. The number of rotatable bonds is 7. The van der Waals surface area contributed by atoms with Crippen molar-refractivity contribution >= 4 is 57.9 Å². The maximum atomic E-state index is 12.4. The molecular weight excluding hydrogens is 354 g/mol. The van der Waals surface area contributed by atoms with Gasteiger partial charge < -0.3 is 9.90 Å². The molecule has 0 aromatic heterocycles. The molecule has 0 radical (unpaired) electrons. The van der Waals surface area contributed by atoms with Gasteiger partial charge >= 0.3 is 0 Å². The Hall–Kier alpha value is -1.37. The molecule has 1 saturated heterocycles. The highest BCUT2D eigenvalue weighted by Crippen LogP contribution is 2.33. The minimum atomic E-state index is -1.04. The number of nitrogens with zero attached hydrogens (tertiary/aromatic N) is 1. The number of amides is 1. The number of hydrogen-bond acceptors (Lipinski definition) is 5. The number of thioether (sulfide) groups is 1. The monoisotopic (exact) mass is 368 g/mol. The number of thiocarbonyl (C=S) groups is 1. The van der Waals surface area contributed by atoms with Gasteiger partial charge in [0.2, 0.25) is 0 Å². The minimum Gasteiger partial charge on any atom is -0.550 e. The number of carbonyl (C=O) groups excluding carboxylic acids is 2. The van der Waals surface area contributed by atoms with Crippen LogP contribution >= 0.6 is 35.6 Å². The van der Waals surface area contributed by atoms with E-state index in [-0.39, 0.29) is 12.3 Å². The van der Waals surface area contributed by atoms with Crippen LogP contribution in [0.5, 0.6) is 0 Å². The van der Waals surface area contributed by atoms with Crippen molar-refractivity contribution in [3.05, 3.63) is 39.8 Å². The molecule has 1 aromatic carbocycles. The molecule has 0 spiro atoms. The van der Waals surface area contributed by atoms with E-state index >= 15 is 0 Å². The van der Waals surface area contributed by atoms with E-state index in [1.165, 1.54) is 11.8 Å². The third kappa shape index (κ3) is 5.06. The van der Waals surface area contributed by atoms with Gasteiger partial charge in [0.25, 0.3) is 5.91 Å². The second-order valence-electron chi connectivity index (χ2n) is 5.04. The largest absolute Gasteiger partial charge is 0.550 e. The van der Waals surface area contributed by atoms with Crippen LogP contribution in [0.25, 0.3) is 6.08 Å². The SMILES string of the molecule is O=C([O-])CCCCCN1C(=O)/C(=C\c2ccccc2Cl)SC1=S. The first-order valence-electron chi connectivity index (χ1n) is 7.19. The molecule has 0 atom stereocenters. The van der Waals surface area contributed by atoms with E-state index in [2.05, 4.69) is 0 Å². The second kappa shape index (κ2) is 8.47. The van der Waals surface area contributed by atoms with E-state index in [0.29, 0.717) is 40.1 Å². The van der Waals surface area contributed by atoms with Crippen LogP contribution in [0.15, 0.2) is 29.2 Å². The summed E-state index contributed by atoms with van der Waals surface area (Å²) in [4.78, 5) is 24.9. The summed E-state index contributed by atoms with van der Waals surface area (Å²) in [6.07, 6.45) is 3.77. The molecule has 1 aliphatic heterocycles. The summed E-state index contributed by atoms with van der Waals surface area (Å²) in [5, 5.41) is 10.9. The zero-order valence-corrected chi connectivity index (χ0v) is 14.7. The third-order valence-corrected chi connectivity index (χ3v) is 5.05. The second-order valence-corrected chi connectivity index (χ2v) is 7.12. The van der Waals surface area contributed by atoms with Gasteiger partial charge in [0.15, 0.2) is 0 Å². The Labute approximate surface area is 149 Å². The summed E-state index contributed by atoms with van der Waals surface area (Å²) in [6.45, 7) is 0.498. The van der Waals surface area contributed by atoms with Crippen LogP contribution in [0.3, 0.4) is 0 Å². The van der Waals surface area contributed by atoms with Gasteiger partial charge in [0.1, 0.15) is 4.32 Å². The topological polar surface area (TPSA) is 60.4 Å². The fourth-order valence-electron chi connectivity index (χ4n) is 2.14. The normalized spacial score (nSPS) is 16.4. The molecule has 0 N–H and O–H groups in total. The van der Waals surface area contributed by atoms with Crippen molar-refractivity contribution in [3.63, 3.8) is 0 Å². The van der Waals surface area contributed by atoms with Gasteiger partial charge in [-0.3, -0.25) is 9.69 Å². The molecule has 4 nitrogen and oxygen atoms in total. The molecule has 23 heavy (non-hydrogen) atoms. The van der Waals surface area contributed by atoms with Gasteiger partial charge in [0.05, 0.1) is 4.91 Å². The summed E-state index contributed by atoms with van der Waals surface area (Å²) in [5.41, 5.74) is 0.781. The first-order valence-corrected chi connectivity index (χ1v) is 8.79. The first-order chi connectivity index (χ1) is 11.0. The molecule has 1 amide bonds. The van der Waals surface area contributed by atoms with E-state index in [1.807, 2.05) is 18.2 Å². The molecule has 1 fully saturated rings. The van der Waals surface area contributed by atoms with Gasteiger partial charge in [-0.25, -0.2) is 0 Å². The summed E-state index contributed by atoms with van der Waals surface area (Å²) in [7, 11) is 0. The Morgan fingerprint density at radius 2 is 2.04 bits per heavy atom. The quantitative estimate of drug-likeness (QED) is 0.420. The van der Waals surface area contributed by atoms with E-state index in [9.17, 15) is 14.7 Å².